The largest absolute Gasteiger partial charge is 0.481 e. The lowest BCUT2D eigenvalue weighted by Gasteiger charge is -2.40. The molecule has 86 valence electrons. The number of carboxylic acids is 1. The minimum Gasteiger partial charge on any atom is -0.481 e. The van der Waals surface area contributed by atoms with E-state index in [1.54, 1.807) is 12.4 Å². The zero-order chi connectivity index (χ0) is 11.6. The van der Waals surface area contributed by atoms with E-state index < -0.39 is 11.4 Å². The first-order valence-corrected chi connectivity index (χ1v) is 5.06. The summed E-state index contributed by atoms with van der Waals surface area (Å²) in [6.45, 7) is 1.01. The van der Waals surface area contributed by atoms with Gasteiger partial charge >= 0.3 is 5.97 Å². The van der Waals surface area contributed by atoms with Crippen LogP contribution in [0, 0.1) is 5.41 Å². The van der Waals surface area contributed by atoms with Gasteiger partial charge in [0.1, 0.15) is 5.41 Å². The second-order valence-electron chi connectivity index (χ2n) is 4.15. The Morgan fingerprint density at radius 3 is 2.88 bits per heavy atom. The zero-order valence-electron chi connectivity index (χ0n) is 9.09. The Morgan fingerprint density at radius 2 is 2.44 bits per heavy atom. The Labute approximate surface area is 93.7 Å². The molecular formula is C11H14N2O3. The molecule has 1 fully saturated rings. The van der Waals surface area contributed by atoms with Crippen molar-refractivity contribution in [2.75, 3.05) is 31.7 Å². The fraction of sp³-hybridized carbons (Fsp3) is 0.455. The molecule has 2 heterocycles. The highest BCUT2D eigenvalue weighted by atomic mass is 16.5. The van der Waals surface area contributed by atoms with E-state index in [-0.39, 0.29) is 13.2 Å². The number of rotatable bonds is 4. The van der Waals surface area contributed by atoms with Crippen molar-refractivity contribution >= 4 is 11.7 Å². The number of ether oxygens (including phenoxy) is 1. The van der Waals surface area contributed by atoms with E-state index in [9.17, 15) is 4.79 Å². The zero-order valence-corrected chi connectivity index (χ0v) is 9.09. The molecule has 16 heavy (non-hydrogen) atoms. The standard InChI is InChI=1S/C11H14N2O3/c1-13(9-3-2-4-12-5-9)6-11(10(14)15)7-16-8-11/h2-5H,6-8H2,1H3,(H,14,15). The Hall–Kier alpha value is -1.62. The number of pyridine rings is 1. The number of carboxylic acid groups (broad SMARTS) is 1. The molecule has 5 heteroatoms. The van der Waals surface area contributed by atoms with Crippen molar-refractivity contribution in [3.05, 3.63) is 24.5 Å². The molecule has 1 saturated heterocycles. The Morgan fingerprint density at radius 1 is 1.69 bits per heavy atom. The van der Waals surface area contributed by atoms with Crippen molar-refractivity contribution in [3.8, 4) is 0 Å². The Kier molecular flexibility index (Phi) is 2.78. The van der Waals surface area contributed by atoms with Gasteiger partial charge in [0.2, 0.25) is 0 Å². The van der Waals surface area contributed by atoms with Gasteiger partial charge in [0.15, 0.2) is 0 Å². The van der Waals surface area contributed by atoms with Crippen molar-refractivity contribution in [2.45, 2.75) is 0 Å². The maximum absolute atomic E-state index is 11.1. The summed E-state index contributed by atoms with van der Waals surface area (Å²) in [5.74, 6) is -0.797. The fourth-order valence-corrected chi connectivity index (χ4v) is 1.76. The van der Waals surface area contributed by atoms with E-state index in [1.807, 2.05) is 24.1 Å². The lowest BCUT2D eigenvalue weighted by Crippen LogP contribution is -2.55. The summed E-state index contributed by atoms with van der Waals surface area (Å²) >= 11 is 0. The molecule has 0 radical (unpaired) electrons. The third-order valence-electron chi connectivity index (χ3n) is 2.84. The van der Waals surface area contributed by atoms with Crippen LogP contribution in [0.15, 0.2) is 24.5 Å². The van der Waals surface area contributed by atoms with E-state index in [2.05, 4.69) is 4.98 Å². The number of carbonyl (C=O) groups is 1. The van der Waals surface area contributed by atoms with Crippen LogP contribution < -0.4 is 4.90 Å². The van der Waals surface area contributed by atoms with Crippen molar-refractivity contribution < 1.29 is 14.6 Å². The molecule has 5 nitrogen and oxygen atoms in total. The van der Waals surface area contributed by atoms with Gasteiger partial charge in [-0.25, -0.2) is 0 Å². The summed E-state index contributed by atoms with van der Waals surface area (Å²) < 4.78 is 5.01. The lowest BCUT2D eigenvalue weighted by molar-refractivity contribution is -0.177. The molecule has 0 atom stereocenters. The molecule has 0 bridgehead atoms. The first-order chi connectivity index (χ1) is 7.64. The average Bonchev–Trinajstić information content (AvgIpc) is 2.24. The third-order valence-corrected chi connectivity index (χ3v) is 2.84. The molecule has 0 aromatic carbocycles. The van der Waals surface area contributed by atoms with Gasteiger partial charge in [0.05, 0.1) is 25.1 Å². The van der Waals surface area contributed by atoms with Gasteiger partial charge in [0, 0.05) is 19.8 Å². The smallest absolute Gasteiger partial charge is 0.316 e. The van der Waals surface area contributed by atoms with E-state index in [4.69, 9.17) is 9.84 Å². The summed E-state index contributed by atoms with van der Waals surface area (Å²) in [7, 11) is 1.86. The van der Waals surface area contributed by atoms with Gasteiger partial charge in [-0.15, -0.1) is 0 Å². The van der Waals surface area contributed by atoms with E-state index in [0.717, 1.165) is 5.69 Å². The van der Waals surface area contributed by atoms with Crippen LogP contribution >= 0.6 is 0 Å². The van der Waals surface area contributed by atoms with Gasteiger partial charge in [-0.2, -0.15) is 0 Å². The van der Waals surface area contributed by atoms with E-state index >= 15 is 0 Å². The minimum absolute atomic E-state index is 0.285. The summed E-state index contributed by atoms with van der Waals surface area (Å²) in [6.07, 6.45) is 3.41. The minimum atomic E-state index is -0.797. The van der Waals surface area contributed by atoms with Crippen LogP contribution in [0.25, 0.3) is 0 Å². The monoisotopic (exact) mass is 222 g/mol. The molecule has 0 unspecified atom stereocenters. The van der Waals surface area contributed by atoms with Crippen LogP contribution in [0.3, 0.4) is 0 Å². The maximum Gasteiger partial charge on any atom is 0.316 e. The number of anilines is 1. The Balaban J connectivity index is 2.07. The highest BCUT2D eigenvalue weighted by molar-refractivity contribution is 5.77. The summed E-state index contributed by atoms with van der Waals surface area (Å²) in [6, 6.07) is 3.73. The number of aliphatic carboxylic acids is 1. The molecule has 1 aromatic rings. The Bertz CT molecular complexity index is 376. The summed E-state index contributed by atoms with van der Waals surface area (Å²) in [5, 5.41) is 9.16. The van der Waals surface area contributed by atoms with Crippen LogP contribution in [-0.2, 0) is 9.53 Å². The number of nitrogens with zero attached hydrogens (tertiary/aromatic N) is 2. The van der Waals surface area contributed by atoms with E-state index in [1.165, 1.54) is 0 Å². The molecule has 0 saturated carbocycles. The van der Waals surface area contributed by atoms with Crippen LogP contribution in [0.1, 0.15) is 0 Å². The van der Waals surface area contributed by atoms with Crippen LogP contribution in [0.2, 0.25) is 0 Å². The van der Waals surface area contributed by atoms with E-state index in [0.29, 0.717) is 6.54 Å². The molecule has 1 aromatic heterocycles. The van der Waals surface area contributed by atoms with Crippen molar-refractivity contribution in [3.63, 3.8) is 0 Å². The third kappa shape index (κ3) is 1.86. The first kappa shape index (κ1) is 10.9. The fourth-order valence-electron chi connectivity index (χ4n) is 1.76. The molecule has 1 aliphatic rings. The first-order valence-electron chi connectivity index (χ1n) is 5.06. The normalized spacial score (nSPS) is 17.6. The van der Waals surface area contributed by atoms with Crippen molar-refractivity contribution in [1.29, 1.82) is 0 Å². The SMILES string of the molecule is CN(CC1(C(=O)O)COC1)c1cccnc1. The van der Waals surface area contributed by atoms with Gasteiger partial charge < -0.3 is 14.7 Å². The quantitative estimate of drug-likeness (QED) is 0.809. The molecule has 1 aliphatic heterocycles. The van der Waals surface area contributed by atoms with Crippen molar-refractivity contribution in [1.82, 2.24) is 4.98 Å². The predicted octanol–water partition coefficient (Wildman–Crippen LogP) is 0.619. The molecule has 1 N–H and O–H groups in total. The summed E-state index contributed by atoms with van der Waals surface area (Å²) in [5.41, 5.74) is 0.153. The topological polar surface area (TPSA) is 62.7 Å². The van der Waals surface area contributed by atoms with Crippen LogP contribution in [-0.4, -0.2) is 42.9 Å². The molecule has 2 rings (SSSR count). The molecule has 0 spiro atoms. The lowest BCUT2D eigenvalue weighted by atomic mass is 9.85. The van der Waals surface area contributed by atoms with Crippen LogP contribution in [0.5, 0.6) is 0 Å². The number of hydrogen-bond donors (Lipinski definition) is 1. The number of aromatic nitrogens is 1. The molecular weight excluding hydrogens is 208 g/mol. The van der Waals surface area contributed by atoms with Gasteiger partial charge in [-0.1, -0.05) is 0 Å². The van der Waals surface area contributed by atoms with Gasteiger partial charge in [-0.05, 0) is 12.1 Å². The number of hydrogen-bond acceptors (Lipinski definition) is 4. The highest BCUT2D eigenvalue weighted by Crippen LogP contribution is 2.30. The maximum atomic E-state index is 11.1. The van der Waals surface area contributed by atoms with Gasteiger partial charge in [0.25, 0.3) is 0 Å². The summed E-state index contributed by atoms with van der Waals surface area (Å²) in [4.78, 5) is 17.0. The molecule has 0 amide bonds. The average molecular weight is 222 g/mol. The molecule has 0 aliphatic carbocycles. The predicted molar refractivity (Wildman–Crippen MR) is 58.4 cm³/mol. The second-order valence-corrected chi connectivity index (χ2v) is 4.15. The van der Waals surface area contributed by atoms with Gasteiger partial charge in [-0.3, -0.25) is 9.78 Å². The van der Waals surface area contributed by atoms with Crippen molar-refractivity contribution in [2.24, 2.45) is 5.41 Å². The highest BCUT2D eigenvalue weighted by Gasteiger charge is 2.47. The second kappa shape index (κ2) is 4.09. The van der Waals surface area contributed by atoms with Crippen LogP contribution in [0.4, 0.5) is 5.69 Å².